The minimum absolute atomic E-state index is 0.257. The lowest BCUT2D eigenvalue weighted by molar-refractivity contribution is 0.0948. The summed E-state index contributed by atoms with van der Waals surface area (Å²) in [4.78, 5) is -0.405. The Bertz CT molecular complexity index is 927. The van der Waals surface area contributed by atoms with Gasteiger partial charge in [0.2, 0.25) is 0 Å². The van der Waals surface area contributed by atoms with E-state index in [2.05, 4.69) is 10.0 Å². The van der Waals surface area contributed by atoms with Crippen LogP contribution in [0.25, 0.3) is 0 Å². The minimum Gasteiger partial charge on any atom is -0.460 e. The van der Waals surface area contributed by atoms with Crippen molar-refractivity contribution in [1.29, 1.82) is 0 Å². The number of anilines is 2. The van der Waals surface area contributed by atoms with Gasteiger partial charge in [-0.25, -0.2) is 12.8 Å². The number of halogens is 1. The molecule has 5 nitrogen and oxygen atoms in total. The van der Waals surface area contributed by atoms with Crippen molar-refractivity contribution in [3.63, 3.8) is 0 Å². The molecule has 1 aliphatic rings. The van der Waals surface area contributed by atoms with Crippen LogP contribution in [0.4, 0.5) is 15.8 Å². The van der Waals surface area contributed by atoms with E-state index < -0.39 is 26.3 Å². The second-order valence-corrected chi connectivity index (χ2v) is 7.84. The molecule has 0 spiro atoms. The maximum absolute atomic E-state index is 13.8. The molecular formula is C16H15FN2O3S2. The lowest BCUT2D eigenvalue weighted by Crippen LogP contribution is -2.34. The van der Waals surface area contributed by atoms with Crippen LogP contribution in [0.3, 0.4) is 0 Å². The highest BCUT2D eigenvalue weighted by atomic mass is 32.2. The van der Waals surface area contributed by atoms with E-state index in [9.17, 15) is 12.8 Å². The first-order valence-electron chi connectivity index (χ1n) is 7.11. The first-order chi connectivity index (χ1) is 11.2. The molecule has 0 atom stereocenters. The standard InChI is InChI=1S/C16H15FN2O3S2/c1-16(2)11-9-10(7-8-13(11)18-15(23)22-16)19-24(20,21)14-6-4-3-5-12(14)17/h3-9,19H,1-2H3,(H,18,23). The van der Waals surface area contributed by atoms with E-state index in [0.29, 0.717) is 5.69 Å². The van der Waals surface area contributed by atoms with Crippen molar-refractivity contribution in [2.24, 2.45) is 0 Å². The number of fused-ring (bicyclic) bond motifs is 1. The summed E-state index contributed by atoms with van der Waals surface area (Å²) in [5.41, 5.74) is 1.08. The van der Waals surface area contributed by atoms with Crippen LogP contribution in [0.15, 0.2) is 47.4 Å². The molecule has 0 aliphatic carbocycles. The van der Waals surface area contributed by atoms with Gasteiger partial charge in [0, 0.05) is 16.9 Å². The van der Waals surface area contributed by atoms with Gasteiger partial charge < -0.3 is 10.1 Å². The fraction of sp³-hybridized carbons (Fsp3) is 0.188. The monoisotopic (exact) mass is 366 g/mol. The number of rotatable bonds is 3. The van der Waals surface area contributed by atoms with Crippen LogP contribution in [-0.2, 0) is 20.4 Å². The Labute approximate surface area is 144 Å². The fourth-order valence-corrected chi connectivity index (χ4v) is 3.96. The van der Waals surface area contributed by atoms with Crippen molar-refractivity contribution in [3.8, 4) is 0 Å². The van der Waals surface area contributed by atoms with Crippen LogP contribution in [-0.4, -0.2) is 13.6 Å². The van der Waals surface area contributed by atoms with Gasteiger partial charge in [-0.3, -0.25) is 4.72 Å². The zero-order valence-electron chi connectivity index (χ0n) is 13.0. The summed E-state index contributed by atoms with van der Waals surface area (Å²) in [6.07, 6.45) is 0. The quantitative estimate of drug-likeness (QED) is 0.813. The van der Waals surface area contributed by atoms with E-state index >= 15 is 0 Å². The molecule has 0 saturated heterocycles. The molecule has 0 fully saturated rings. The van der Waals surface area contributed by atoms with Gasteiger partial charge in [-0.05, 0) is 56.4 Å². The lowest BCUT2D eigenvalue weighted by atomic mass is 9.94. The van der Waals surface area contributed by atoms with Crippen molar-refractivity contribution in [3.05, 3.63) is 53.8 Å². The average molecular weight is 366 g/mol. The van der Waals surface area contributed by atoms with Crippen molar-refractivity contribution in [1.82, 2.24) is 0 Å². The summed E-state index contributed by atoms with van der Waals surface area (Å²) in [6.45, 7) is 3.65. The topological polar surface area (TPSA) is 67.4 Å². The predicted molar refractivity (Wildman–Crippen MR) is 94.0 cm³/mol. The van der Waals surface area contributed by atoms with Gasteiger partial charge in [0.1, 0.15) is 16.3 Å². The van der Waals surface area contributed by atoms with Gasteiger partial charge in [-0.15, -0.1) is 0 Å². The van der Waals surface area contributed by atoms with Crippen LogP contribution in [0.5, 0.6) is 0 Å². The average Bonchev–Trinajstić information content (AvgIpc) is 2.47. The molecule has 0 saturated carbocycles. The number of benzene rings is 2. The molecule has 1 aliphatic heterocycles. The van der Waals surface area contributed by atoms with E-state index in [1.165, 1.54) is 18.2 Å². The van der Waals surface area contributed by atoms with E-state index in [1.807, 2.05) is 13.8 Å². The summed E-state index contributed by atoms with van der Waals surface area (Å²) in [6, 6.07) is 10.1. The fourth-order valence-electron chi connectivity index (χ4n) is 2.51. The van der Waals surface area contributed by atoms with Crippen molar-refractivity contribution in [2.45, 2.75) is 24.3 Å². The van der Waals surface area contributed by atoms with Crippen LogP contribution < -0.4 is 10.0 Å². The predicted octanol–water partition coefficient (Wildman–Crippen LogP) is 3.59. The van der Waals surface area contributed by atoms with Crippen molar-refractivity contribution < 1.29 is 17.5 Å². The van der Waals surface area contributed by atoms with E-state index in [-0.39, 0.29) is 5.17 Å². The lowest BCUT2D eigenvalue weighted by Gasteiger charge is -2.34. The smallest absolute Gasteiger partial charge is 0.264 e. The minimum atomic E-state index is -4.03. The molecule has 1 heterocycles. The van der Waals surface area contributed by atoms with Crippen LogP contribution in [0.2, 0.25) is 0 Å². The van der Waals surface area contributed by atoms with E-state index in [1.54, 1.807) is 18.2 Å². The zero-order chi connectivity index (χ0) is 17.5. The van der Waals surface area contributed by atoms with E-state index in [0.717, 1.165) is 17.3 Å². The first kappa shape index (κ1) is 16.7. The second-order valence-electron chi connectivity index (χ2n) is 5.82. The summed E-state index contributed by atoms with van der Waals surface area (Å²) in [5.74, 6) is -0.807. The third-order valence-electron chi connectivity index (χ3n) is 3.63. The number of hydrogen-bond donors (Lipinski definition) is 2. The number of thiocarbonyl (C=S) groups is 1. The summed E-state index contributed by atoms with van der Waals surface area (Å²) < 4.78 is 46.5. The molecule has 126 valence electrons. The van der Waals surface area contributed by atoms with Crippen LogP contribution in [0, 0.1) is 5.82 Å². The van der Waals surface area contributed by atoms with Gasteiger partial charge in [0.25, 0.3) is 15.2 Å². The summed E-state index contributed by atoms with van der Waals surface area (Å²) in [7, 11) is -4.03. The Morgan fingerprint density at radius 1 is 1.21 bits per heavy atom. The SMILES string of the molecule is CC1(C)OC(=S)Nc2ccc(NS(=O)(=O)c3ccccc3F)cc21. The number of hydrogen-bond acceptors (Lipinski definition) is 4. The van der Waals surface area contributed by atoms with Crippen LogP contribution >= 0.6 is 12.2 Å². The first-order valence-corrected chi connectivity index (χ1v) is 9.00. The Balaban J connectivity index is 1.98. The van der Waals surface area contributed by atoms with Crippen molar-refractivity contribution >= 4 is 38.8 Å². The normalized spacial score (nSPS) is 15.9. The Kier molecular flexibility index (Phi) is 3.97. The third-order valence-corrected chi connectivity index (χ3v) is 5.23. The highest BCUT2D eigenvalue weighted by Gasteiger charge is 2.32. The Morgan fingerprint density at radius 2 is 1.92 bits per heavy atom. The Hall–Kier alpha value is -2.19. The van der Waals surface area contributed by atoms with Gasteiger partial charge in [-0.2, -0.15) is 0 Å². The maximum Gasteiger partial charge on any atom is 0.264 e. The molecule has 0 bridgehead atoms. The zero-order valence-corrected chi connectivity index (χ0v) is 14.6. The highest BCUT2D eigenvalue weighted by Crippen LogP contribution is 2.37. The van der Waals surface area contributed by atoms with Crippen molar-refractivity contribution in [2.75, 3.05) is 10.0 Å². The third kappa shape index (κ3) is 3.07. The summed E-state index contributed by atoms with van der Waals surface area (Å²) in [5, 5.41) is 3.17. The largest absolute Gasteiger partial charge is 0.460 e. The van der Waals surface area contributed by atoms with Gasteiger partial charge in [0.05, 0.1) is 0 Å². The molecule has 0 amide bonds. The van der Waals surface area contributed by atoms with Gasteiger partial charge in [-0.1, -0.05) is 12.1 Å². The molecule has 0 radical (unpaired) electrons. The maximum atomic E-state index is 13.8. The molecule has 2 aromatic rings. The number of sulfonamides is 1. The molecule has 0 aromatic heterocycles. The summed E-state index contributed by atoms with van der Waals surface area (Å²) >= 11 is 5.04. The molecule has 8 heteroatoms. The van der Waals surface area contributed by atoms with Gasteiger partial charge in [0.15, 0.2) is 0 Å². The van der Waals surface area contributed by atoms with Gasteiger partial charge >= 0.3 is 0 Å². The molecule has 0 unspecified atom stereocenters. The molecular weight excluding hydrogens is 351 g/mol. The highest BCUT2D eigenvalue weighted by molar-refractivity contribution is 7.92. The van der Waals surface area contributed by atoms with Crippen LogP contribution in [0.1, 0.15) is 19.4 Å². The number of ether oxygens (including phenoxy) is 1. The molecule has 3 rings (SSSR count). The number of nitrogens with one attached hydrogen (secondary N) is 2. The van der Waals surface area contributed by atoms with E-state index in [4.69, 9.17) is 17.0 Å². The molecule has 2 N–H and O–H groups in total. The molecule has 24 heavy (non-hydrogen) atoms. The second kappa shape index (κ2) is 5.71. The Morgan fingerprint density at radius 3 is 2.62 bits per heavy atom. The molecule has 2 aromatic carbocycles.